The maximum absolute atomic E-state index is 13.0. The molecule has 3 aromatic rings. The maximum Gasteiger partial charge on any atom is 0.259 e. The van der Waals surface area contributed by atoms with Crippen molar-refractivity contribution >= 4 is 34.1 Å². The van der Waals surface area contributed by atoms with Gasteiger partial charge in [-0.2, -0.15) is 0 Å². The highest BCUT2D eigenvalue weighted by atomic mass is 16.2. The van der Waals surface area contributed by atoms with Gasteiger partial charge in [-0.05, 0) is 24.3 Å². The summed E-state index contributed by atoms with van der Waals surface area (Å²) in [5, 5.41) is 3.57. The van der Waals surface area contributed by atoms with E-state index in [2.05, 4.69) is 10.3 Å². The number of rotatable bonds is 1. The van der Waals surface area contributed by atoms with Crippen molar-refractivity contribution in [2.45, 2.75) is 0 Å². The van der Waals surface area contributed by atoms with Gasteiger partial charge < -0.3 is 5.32 Å². The molecule has 0 spiro atoms. The molecule has 0 bridgehead atoms. The Morgan fingerprint density at radius 1 is 1.04 bits per heavy atom. The fraction of sp³-hybridized carbons (Fsp3) is 0.0556. The molecule has 0 saturated heterocycles. The predicted molar refractivity (Wildman–Crippen MR) is 88.5 cm³/mol. The quantitative estimate of drug-likeness (QED) is 0.752. The fourth-order valence-corrected chi connectivity index (χ4v) is 2.84. The third-order valence-corrected chi connectivity index (χ3v) is 3.90. The number of para-hydroxylation sites is 3. The highest BCUT2D eigenvalue weighted by molar-refractivity contribution is 6.18. The van der Waals surface area contributed by atoms with Crippen molar-refractivity contribution < 1.29 is 9.59 Å². The Kier molecular flexibility index (Phi) is 3.05. The standard InChI is InChI=1S/C18H13N3O2/c22-17-11-21(16-8-4-3-7-15(16)20-17)18(23)13-9-10-19-14-6-2-1-5-12(13)14/h1-10H,11H2,(H,20,22). The molecule has 4 rings (SSSR count). The van der Waals surface area contributed by atoms with Gasteiger partial charge in [0.05, 0.1) is 22.5 Å². The number of aromatic nitrogens is 1. The van der Waals surface area contributed by atoms with E-state index in [0.29, 0.717) is 16.9 Å². The number of fused-ring (bicyclic) bond motifs is 2. The summed E-state index contributed by atoms with van der Waals surface area (Å²) in [4.78, 5) is 30.7. The minimum Gasteiger partial charge on any atom is -0.323 e. The average Bonchev–Trinajstić information content (AvgIpc) is 2.60. The Morgan fingerprint density at radius 2 is 1.83 bits per heavy atom. The van der Waals surface area contributed by atoms with Crippen molar-refractivity contribution in [2.75, 3.05) is 16.8 Å². The summed E-state index contributed by atoms with van der Waals surface area (Å²) in [6, 6.07) is 16.5. The molecule has 1 aliphatic rings. The number of pyridine rings is 1. The Bertz CT molecular complexity index is 931. The topological polar surface area (TPSA) is 62.3 Å². The van der Waals surface area contributed by atoms with Gasteiger partial charge in [0.25, 0.3) is 5.91 Å². The molecular weight excluding hydrogens is 290 g/mol. The molecule has 2 aromatic carbocycles. The van der Waals surface area contributed by atoms with E-state index in [0.717, 1.165) is 10.9 Å². The van der Waals surface area contributed by atoms with Gasteiger partial charge in [0.1, 0.15) is 6.54 Å². The highest BCUT2D eigenvalue weighted by Gasteiger charge is 2.28. The molecule has 0 fully saturated rings. The van der Waals surface area contributed by atoms with E-state index in [1.54, 1.807) is 18.3 Å². The predicted octanol–water partition coefficient (Wildman–Crippen LogP) is 2.83. The number of hydrogen-bond acceptors (Lipinski definition) is 3. The number of amides is 2. The Hall–Kier alpha value is -3.21. The largest absolute Gasteiger partial charge is 0.323 e. The Balaban J connectivity index is 1.84. The number of carbonyl (C=O) groups is 2. The van der Waals surface area contributed by atoms with Crippen molar-refractivity contribution in [3.05, 3.63) is 66.4 Å². The summed E-state index contributed by atoms with van der Waals surface area (Å²) in [5.74, 6) is -0.402. The van der Waals surface area contributed by atoms with E-state index in [-0.39, 0.29) is 18.4 Å². The van der Waals surface area contributed by atoms with E-state index >= 15 is 0 Å². The van der Waals surface area contributed by atoms with Gasteiger partial charge in [0.2, 0.25) is 5.91 Å². The number of nitrogens with zero attached hydrogens (tertiary/aromatic N) is 2. The number of anilines is 2. The summed E-state index contributed by atoms with van der Waals surface area (Å²) in [6.45, 7) is 0.00644. The second-order valence-corrected chi connectivity index (χ2v) is 5.33. The monoisotopic (exact) mass is 303 g/mol. The van der Waals surface area contributed by atoms with Crippen LogP contribution in [0.2, 0.25) is 0 Å². The molecule has 23 heavy (non-hydrogen) atoms. The van der Waals surface area contributed by atoms with Crippen LogP contribution in [0.1, 0.15) is 10.4 Å². The van der Waals surface area contributed by atoms with Crippen LogP contribution in [0.15, 0.2) is 60.8 Å². The molecule has 112 valence electrons. The van der Waals surface area contributed by atoms with Gasteiger partial charge in [-0.25, -0.2) is 0 Å². The molecule has 1 N–H and O–H groups in total. The van der Waals surface area contributed by atoms with E-state index < -0.39 is 0 Å². The molecule has 5 nitrogen and oxygen atoms in total. The molecule has 0 radical (unpaired) electrons. The minimum absolute atomic E-state index is 0.00644. The second kappa shape index (κ2) is 5.21. The van der Waals surface area contributed by atoms with Crippen LogP contribution in [0, 0.1) is 0 Å². The lowest BCUT2D eigenvalue weighted by molar-refractivity contribution is -0.115. The fourth-order valence-electron chi connectivity index (χ4n) is 2.84. The Morgan fingerprint density at radius 3 is 2.74 bits per heavy atom. The van der Waals surface area contributed by atoms with Crippen LogP contribution in [-0.4, -0.2) is 23.3 Å². The van der Waals surface area contributed by atoms with Crippen LogP contribution < -0.4 is 10.2 Å². The van der Waals surface area contributed by atoms with Gasteiger partial charge in [-0.15, -0.1) is 0 Å². The summed E-state index contributed by atoms with van der Waals surface area (Å²) in [6.07, 6.45) is 1.62. The SMILES string of the molecule is O=C1CN(C(=O)c2ccnc3ccccc23)c2ccccc2N1. The lowest BCUT2D eigenvalue weighted by atomic mass is 10.1. The molecule has 0 saturated carbocycles. The summed E-state index contributed by atoms with van der Waals surface area (Å²) >= 11 is 0. The zero-order valence-electron chi connectivity index (χ0n) is 12.2. The third kappa shape index (κ3) is 2.23. The van der Waals surface area contributed by atoms with Crippen molar-refractivity contribution in [1.82, 2.24) is 4.98 Å². The molecular formula is C18H13N3O2. The number of carbonyl (C=O) groups excluding carboxylic acids is 2. The lowest BCUT2D eigenvalue weighted by Gasteiger charge is -2.29. The molecule has 5 heteroatoms. The summed E-state index contributed by atoms with van der Waals surface area (Å²) in [5.41, 5.74) is 2.65. The average molecular weight is 303 g/mol. The molecule has 1 aliphatic heterocycles. The van der Waals surface area contributed by atoms with Crippen LogP contribution in [0.25, 0.3) is 10.9 Å². The first kappa shape index (κ1) is 13.5. The van der Waals surface area contributed by atoms with Crippen LogP contribution >= 0.6 is 0 Å². The minimum atomic E-state index is -0.203. The molecule has 0 unspecified atom stereocenters. The first-order chi connectivity index (χ1) is 11.2. The van der Waals surface area contributed by atoms with E-state index in [1.165, 1.54) is 4.90 Å². The maximum atomic E-state index is 13.0. The second-order valence-electron chi connectivity index (χ2n) is 5.33. The van der Waals surface area contributed by atoms with Crippen LogP contribution in [-0.2, 0) is 4.79 Å². The lowest BCUT2D eigenvalue weighted by Crippen LogP contribution is -2.42. The van der Waals surface area contributed by atoms with Crippen molar-refractivity contribution in [3.8, 4) is 0 Å². The zero-order chi connectivity index (χ0) is 15.8. The van der Waals surface area contributed by atoms with E-state index in [4.69, 9.17) is 0 Å². The molecule has 0 atom stereocenters. The van der Waals surface area contributed by atoms with Crippen molar-refractivity contribution in [3.63, 3.8) is 0 Å². The van der Waals surface area contributed by atoms with E-state index in [1.807, 2.05) is 42.5 Å². The summed E-state index contributed by atoms with van der Waals surface area (Å²) in [7, 11) is 0. The van der Waals surface area contributed by atoms with Gasteiger partial charge in [-0.1, -0.05) is 30.3 Å². The summed E-state index contributed by atoms with van der Waals surface area (Å²) < 4.78 is 0. The molecule has 2 heterocycles. The van der Waals surface area contributed by atoms with Crippen LogP contribution in [0.5, 0.6) is 0 Å². The Labute approximate surface area is 132 Å². The van der Waals surface area contributed by atoms with Gasteiger partial charge >= 0.3 is 0 Å². The smallest absolute Gasteiger partial charge is 0.259 e. The first-order valence-corrected chi connectivity index (χ1v) is 7.28. The van der Waals surface area contributed by atoms with Crippen molar-refractivity contribution in [2.24, 2.45) is 0 Å². The molecule has 0 aliphatic carbocycles. The molecule has 1 aromatic heterocycles. The van der Waals surface area contributed by atoms with Crippen molar-refractivity contribution in [1.29, 1.82) is 0 Å². The highest BCUT2D eigenvalue weighted by Crippen LogP contribution is 2.31. The number of hydrogen-bond donors (Lipinski definition) is 1. The third-order valence-electron chi connectivity index (χ3n) is 3.90. The number of benzene rings is 2. The normalized spacial score (nSPS) is 13.6. The van der Waals surface area contributed by atoms with Crippen LogP contribution in [0.4, 0.5) is 11.4 Å². The van der Waals surface area contributed by atoms with Gasteiger partial charge in [0, 0.05) is 11.6 Å². The van der Waals surface area contributed by atoms with Gasteiger partial charge in [0.15, 0.2) is 0 Å². The number of nitrogens with one attached hydrogen (secondary N) is 1. The van der Waals surface area contributed by atoms with E-state index in [9.17, 15) is 9.59 Å². The first-order valence-electron chi connectivity index (χ1n) is 7.28. The zero-order valence-corrected chi connectivity index (χ0v) is 12.2. The van der Waals surface area contributed by atoms with Gasteiger partial charge in [-0.3, -0.25) is 19.5 Å². The molecule has 2 amide bonds. The van der Waals surface area contributed by atoms with Crippen LogP contribution in [0.3, 0.4) is 0 Å².